The zero-order chi connectivity index (χ0) is 18.0. The number of aliphatic hydroxyl groups excluding tert-OH is 2. The van der Waals surface area contributed by atoms with Gasteiger partial charge in [-0.15, -0.1) is 0 Å². The third-order valence-electron chi connectivity index (χ3n) is 5.54. The van der Waals surface area contributed by atoms with E-state index < -0.39 is 0 Å². The summed E-state index contributed by atoms with van der Waals surface area (Å²) in [4.78, 5) is 4.61. The topological polar surface area (TPSA) is 51.9 Å². The Labute approximate surface area is 150 Å². The van der Waals surface area contributed by atoms with Crippen molar-refractivity contribution < 1.29 is 10.2 Å². The number of hydrogen-bond acceptors (Lipinski definition) is 4. The van der Waals surface area contributed by atoms with Crippen LogP contribution in [0.1, 0.15) is 16.8 Å². The fourth-order valence-corrected chi connectivity index (χ4v) is 3.90. The summed E-state index contributed by atoms with van der Waals surface area (Å²) >= 11 is 0. The van der Waals surface area contributed by atoms with Gasteiger partial charge in [-0.05, 0) is 38.5 Å². The van der Waals surface area contributed by atoms with Crippen LogP contribution in [0, 0.1) is 20.8 Å². The summed E-state index contributed by atoms with van der Waals surface area (Å²) in [6.07, 6.45) is -0.376. The lowest BCUT2D eigenvalue weighted by molar-refractivity contribution is 0.0594. The van der Waals surface area contributed by atoms with Crippen LogP contribution >= 0.6 is 0 Å². The van der Waals surface area contributed by atoms with Gasteiger partial charge in [0.1, 0.15) is 0 Å². The molecule has 2 heterocycles. The molecule has 3 rings (SSSR count). The predicted molar refractivity (Wildman–Crippen MR) is 102 cm³/mol. The lowest BCUT2D eigenvalue weighted by Gasteiger charge is -2.35. The van der Waals surface area contributed by atoms with Crippen LogP contribution in [0.25, 0.3) is 10.9 Å². The van der Waals surface area contributed by atoms with Crippen LogP contribution in [-0.2, 0) is 6.54 Å². The van der Waals surface area contributed by atoms with Gasteiger partial charge in [0.15, 0.2) is 0 Å². The van der Waals surface area contributed by atoms with Crippen LogP contribution in [0.5, 0.6) is 0 Å². The summed E-state index contributed by atoms with van der Waals surface area (Å²) in [5.41, 5.74) is 5.04. The number of piperazine rings is 1. The first-order valence-corrected chi connectivity index (χ1v) is 9.29. The molecule has 0 bridgehead atoms. The molecular formula is C20H31N3O2. The Balaban J connectivity index is 1.65. The van der Waals surface area contributed by atoms with Crippen LogP contribution in [0.2, 0.25) is 0 Å². The monoisotopic (exact) mass is 345 g/mol. The molecule has 5 nitrogen and oxygen atoms in total. The molecule has 1 aromatic carbocycles. The minimum atomic E-state index is -0.376. The van der Waals surface area contributed by atoms with Crippen LogP contribution in [-0.4, -0.2) is 76.6 Å². The molecule has 0 saturated carbocycles. The highest BCUT2D eigenvalue weighted by molar-refractivity contribution is 5.85. The second-order valence-electron chi connectivity index (χ2n) is 7.36. The van der Waals surface area contributed by atoms with Gasteiger partial charge in [0.25, 0.3) is 0 Å². The summed E-state index contributed by atoms with van der Waals surface area (Å²) in [5.74, 6) is 0. The van der Waals surface area contributed by atoms with E-state index in [-0.39, 0.29) is 12.7 Å². The van der Waals surface area contributed by atoms with E-state index in [0.717, 1.165) is 32.7 Å². The Morgan fingerprint density at radius 2 is 1.68 bits per heavy atom. The lowest BCUT2D eigenvalue weighted by Crippen LogP contribution is -2.49. The number of hydrogen-bond donors (Lipinski definition) is 2. The molecule has 1 unspecified atom stereocenters. The van der Waals surface area contributed by atoms with Gasteiger partial charge in [-0.1, -0.05) is 11.6 Å². The first-order chi connectivity index (χ1) is 12.0. The molecule has 1 aromatic heterocycles. The summed E-state index contributed by atoms with van der Waals surface area (Å²) in [7, 11) is 0. The van der Waals surface area contributed by atoms with Crippen molar-refractivity contribution in [1.29, 1.82) is 0 Å². The Bertz CT molecular complexity index is 717. The number of nitrogens with zero attached hydrogens (tertiary/aromatic N) is 3. The van der Waals surface area contributed by atoms with Crippen molar-refractivity contribution in [1.82, 2.24) is 14.4 Å². The van der Waals surface area contributed by atoms with Gasteiger partial charge in [0.05, 0.1) is 19.3 Å². The largest absolute Gasteiger partial charge is 0.395 e. The Morgan fingerprint density at radius 3 is 2.36 bits per heavy atom. The Hall–Kier alpha value is -1.40. The average Bonchev–Trinajstić information content (AvgIpc) is 2.81. The first-order valence-electron chi connectivity index (χ1n) is 9.29. The van der Waals surface area contributed by atoms with Gasteiger partial charge in [-0.25, -0.2) is 0 Å². The normalized spacial score (nSPS) is 18.1. The van der Waals surface area contributed by atoms with E-state index in [1.165, 1.54) is 27.7 Å². The molecular weight excluding hydrogens is 314 g/mol. The Kier molecular flexibility index (Phi) is 5.79. The number of aliphatic hydroxyl groups is 2. The standard InChI is InChI=1S/C20H31N3O2/c1-15-4-5-20-19(12-15)16(2)17(3)23(20)14-18(25)13-22-8-6-21(7-9-22)10-11-24/h4-5,12,18,24-25H,6-11,13-14H2,1-3H3. The quantitative estimate of drug-likeness (QED) is 0.834. The van der Waals surface area contributed by atoms with Gasteiger partial charge in [0.2, 0.25) is 0 Å². The zero-order valence-electron chi connectivity index (χ0n) is 15.7. The summed E-state index contributed by atoms with van der Waals surface area (Å²) in [6, 6.07) is 6.55. The minimum Gasteiger partial charge on any atom is -0.395 e. The number of rotatable bonds is 6. The second-order valence-corrected chi connectivity index (χ2v) is 7.36. The maximum absolute atomic E-state index is 10.7. The molecule has 0 amide bonds. The number of aryl methyl sites for hydroxylation is 2. The molecule has 1 atom stereocenters. The van der Waals surface area contributed by atoms with E-state index in [9.17, 15) is 5.11 Å². The molecule has 0 radical (unpaired) electrons. The predicted octanol–water partition coefficient (Wildman–Crippen LogP) is 1.54. The third kappa shape index (κ3) is 4.06. The Morgan fingerprint density at radius 1 is 1.00 bits per heavy atom. The van der Waals surface area contributed by atoms with E-state index in [0.29, 0.717) is 13.1 Å². The number of β-amino-alcohol motifs (C(OH)–C–C–N with tert-alkyl or cyclic N) is 2. The summed E-state index contributed by atoms with van der Waals surface area (Å²) < 4.78 is 2.26. The zero-order valence-corrected chi connectivity index (χ0v) is 15.7. The highest BCUT2D eigenvalue weighted by Crippen LogP contribution is 2.26. The summed E-state index contributed by atoms with van der Waals surface area (Å²) in [5, 5.41) is 21.0. The molecule has 0 aliphatic carbocycles. The van der Waals surface area contributed by atoms with Crippen molar-refractivity contribution in [3.05, 3.63) is 35.0 Å². The van der Waals surface area contributed by atoms with Crippen molar-refractivity contribution in [2.75, 3.05) is 45.9 Å². The molecule has 2 N–H and O–H groups in total. The number of benzene rings is 1. The molecule has 5 heteroatoms. The molecule has 1 aliphatic rings. The van der Waals surface area contributed by atoms with E-state index in [2.05, 4.69) is 53.3 Å². The van der Waals surface area contributed by atoms with Crippen molar-refractivity contribution in [3.63, 3.8) is 0 Å². The number of fused-ring (bicyclic) bond motifs is 1. The summed E-state index contributed by atoms with van der Waals surface area (Å²) in [6.45, 7) is 12.6. The van der Waals surface area contributed by atoms with Crippen LogP contribution in [0.3, 0.4) is 0 Å². The van der Waals surface area contributed by atoms with E-state index in [4.69, 9.17) is 5.11 Å². The first kappa shape index (κ1) is 18.4. The minimum absolute atomic E-state index is 0.224. The molecule has 2 aromatic rings. The van der Waals surface area contributed by atoms with Gasteiger partial charge in [-0.3, -0.25) is 9.80 Å². The molecule has 1 fully saturated rings. The molecule has 0 spiro atoms. The van der Waals surface area contributed by atoms with E-state index >= 15 is 0 Å². The van der Waals surface area contributed by atoms with Crippen molar-refractivity contribution in [2.24, 2.45) is 0 Å². The number of aromatic nitrogens is 1. The van der Waals surface area contributed by atoms with Crippen LogP contribution in [0.15, 0.2) is 18.2 Å². The molecule has 1 aliphatic heterocycles. The smallest absolute Gasteiger partial charge is 0.0845 e. The fourth-order valence-electron chi connectivity index (χ4n) is 3.90. The van der Waals surface area contributed by atoms with E-state index in [1.807, 2.05) is 0 Å². The van der Waals surface area contributed by atoms with Gasteiger partial charge in [-0.2, -0.15) is 0 Å². The molecule has 25 heavy (non-hydrogen) atoms. The third-order valence-corrected chi connectivity index (χ3v) is 5.54. The molecule has 1 saturated heterocycles. The van der Waals surface area contributed by atoms with Gasteiger partial charge in [0, 0.05) is 55.9 Å². The van der Waals surface area contributed by atoms with Gasteiger partial charge < -0.3 is 14.8 Å². The van der Waals surface area contributed by atoms with E-state index in [1.54, 1.807) is 0 Å². The maximum Gasteiger partial charge on any atom is 0.0845 e. The fraction of sp³-hybridized carbons (Fsp3) is 0.600. The SMILES string of the molecule is Cc1ccc2c(c1)c(C)c(C)n2CC(O)CN1CCN(CCO)CC1. The molecule has 138 valence electrons. The van der Waals surface area contributed by atoms with Crippen molar-refractivity contribution in [3.8, 4) is 0 Å². The van der Waals surface area contributed by atoms with Crippen molar-refractivity contribution >= 4 is 10.9 Å². The average molecular weight is 345 g/mol. The second kappa shape index (κ2) is 7.87. The van der Waals surface area contributed by atoms with Gasteiger partial charge >= 0.3 is 0 Å². The van der Waals surface area contributed by atoms with Crippen LogP contribution in [0.4, 0.5) is 0 Å². The highest BCUT2D eigenvalue weighted by atomic mass is 16.3. The van der Waals surface area contributed by atoms with Crippen LogP contribution < -0.4 is 0 Å². The maximum atomic E-state index is 10.7. The lowest BCUT2D eigenvalue weighted by atomic mass is 10.1. The highest BCUT2D eigenvalue weighted by Gasteiger charge is 2.20. The van der Waals surface area contributed by atoms with Crippen molar-refractivity contribution in [2.45, 2.75) is 33.4 Å².